The standard InChI is InChI=1S/C20H23FN2O3/c1-13(15-7-8-18-19(11-15)26-10-9-25-18)23-20(24)12-22-14(2)16-5-3-4-6-17(16)21/h3-8,11,13-14,22H,9-10,12H2,1-2H3,(H,23,24). The van der Waals surface area contributed by atoms with Crippen LogP contribution in [-0.2, 0) is 4.79 Å². The fraction of sp³-hybridized carbons (Fsp3) is 0.350. The first-order valence-corrected chi connectivity index (χ1v) is 8.71. The van der Waals surface area contributed by atoms with Crippen LogP contribution in [0.25, 0.3) is 0 Å². The summed E-state index contributed by atoms with van der Waals surface area (Å²) in [5.74, 6) is 0.980. The number of hydrogen-bond donors (Lipinski definition) is 2. The van der Waals surface area contributed by atoms with Gasteiger partial charge in [0, 0.05) is 11.6 Å². The Balaban J connectivity index is 1.54. The molecule has 3 rings (SSSR count). The molecule has 0 aliphatic carbocycles. The maximum Gasteiger partial charge on any atom is 0.234 e. The molecule has 0 aromatic heterocycles. The summed E-state index contributed by atoms with van der Waals surface area (Å²) in [5, 5.41) is 5.98. The van der Waals surface area contributed by atoms with E-state index in [-0.39, 0.29) is 30.4 Å². The number of carbonyl (C=O) groups excluding carboxylic acids is 1. The maximum atomic E-state index is 13.8. The van der Waals surface area contributed by atoms with Crippen molar-refractivity contribution in [3.8, 4) is 11.5 Å². The van der Waals surface area contributed by atoms with E-state index in [4.69, 9.17) is 9.47 Å². The molecular formula is C20H23FN2O3. The predicted molar refractivity (Wildman–Crippen MR) is 96.8 cm³/mol. The van der Waals surface area contributed by atoms with E-state index < -0.39 is 0 Å². The van der Waals surface area contributed by atoms with E-state index in [1.54, 1.807) is 18.2 Å². The van der Waals surface area contributed by atoms with Gasteiger partial charge in [-0.1, -0.05) is 24.3 Å². The topological polar surface area (TPSA) is 59.6 Å². The largest absolute Gasteiger partial charge is 0.486 e. The van der Waals surface area contributed by atoms with Crippen LogP contribution >= 0.6 is 0 Å². The van der Waals surface area contributed by atoms with E-state index in [2.05, 4.69) is 10.6 Å². The lowest BCUT2D eigenvalue weighted by molar-refractivity contribution is -0.121. The second-order valence-electron chi connectivity index (χ2n) is 6.32. The highest BCUT2D eigenvalue weighted by Gasteiger charge is 2.16. The quantitative estimate of drug-likeness (QED) is 0.833. The number of ether oxygens (including phenoxy) is 2. The van der Waals surface area contributed by atoms with Crippen LogP contribution < -0.4 is 20.1 Å². The van der Waals surface area contributed by atoms with Gasteiger partial charge >= 0.3 is 0 Å². The summed E-state index contributed by atoms with van der Waals surface area (Å²) in [6.07, 6.45) is 0. The SMILES string of the molecule is CC(NC(=O)CNC(C)c1ccccc1F)c1ccc2c(c1)OCCO2. The fourth-order valence-corrected chi connectivity index (χ4v) is 2.89. The Morgan fingerprint density at radius 2 is 1.81 bits per heavy atom. The Kier molecular flexibility index (Phi) is 5.73. The summed E-state index contributed by atoms with van der Waals surface area (Å²) >= 11 is 0. The fourth-order valence-electron chi connectivity index (χ4n) is 2.89. The molecule has 6 heteroatoms. The van der Waals surface area contributed by atoms with E-state index >= 15 is 0 Å². The van der Waals surface area contributed by atoms with Crippen molar-refractivity contribution < 1.29 is 18.7 Å². The highest BCUT2D eigenvalue weighted by Crippen LogP contribution is 2.32. The van der Waals surface area contributed by atoms with Crippen molar-refractivity contribution in [1.29, 1.82) is 0 Å². The van der Waals surface area contributed by atoms with Crippen LogP contribution in [0, 0.1) is 5.82 Å². The van der Waals surface area contributed by atoms with Crippen molar-refractivity contribution in [2.75, 3.05) is 19.8 Å². The Hall–Kier alpha value is -2.60. The highest BCUT2D eigenvalue weighted by molar-refractivity contribution is 5.78. The van der Waals surface area contributed by atoms with Crippen LogP contribution in [0.1, 0.15) is 37.1 Å². The molecule has 0 radical (unpaired) electrons. The lowest BCUT2D eigenvalue weighted by Crippen LogP contribution is -2.36. The Morgan fingerprint density at radius 3 is 2.58 bits per heavy atom. The summed E-state index contributed by atoms with van der Waals surface area (Å²) < 4.78 is 24.8. The molecule has 2 unspecified atom stereocenters. The van der Waals surface area contributed by atoms with E-state index in [0.29, 0.717) is 24.5 Å². The molecule has 138 valence electrons. The number of hydrogen-bond acceptors (Lipinski definition) is 4. The number of fused-ring (bicyclic) bond motifs is 1. The van der Waals surface area contributed by atoms with E-state index in [9.17, 15) is 9.18 Å². The number of benzene rings is 2. The van der Waals surface area contributed by atoms with Gasteiger partial charge in [0.1, 0.15) is 19.0 Å². The molecule has 2 atom stereocenters. The van der Waals surface area contributed by atoms with Crippen LogP contribution in [0.15, 0.2) is 42.5 Å². The maximum absolute atomic E-state index is 13.8. The monoisotopic (exact) mass is 358 g/mol. The number of nitrogens with one attached hydrogen (secondary N) is 2. The third-order valence-corrected chi connectivity index (χ3v) is 4.38. The van der Waals surface area contributed by atoms with Crippen LogP contribution in [-0.4, -0.2) is 25.7 Å². The molecule has 2 aromatic rings. The Morgan fingerprint density at radius 1 is 1.08 bits per heavy atom. The second-order valence-corrected chi connectivity index (χ2v) is 6.32. The van der Waals surface area contributed by atoms with Gasteiger partial charge in [-0.3, -0.25) is 4.79 Å². The van der Waals surface area contributed by atoms with Crippen molar-refractivity contribution >= 4 is 5.91 Å². The Bertz CT molecular complexity index is 781. The minimum absolute atomic E-state index is 0.102. The van der Waals surface area contributed by atoms with Gasteiger partial charge in [-0.25, -0.2) is 4.39 Å². The highest BCUT2D eigenvalue weighted by atomic mass is 19.1. The van der Waals surface area contributed by atoms with Crippen LogP contribution in [0.2, 0.25) is 0 Å². The summed E-state index contributed by atoms with van der Waals surface area (Å²) in [5.41, 5.74) is 1.48. The number of amides is 1. The number of halogens is 1. The van der Waals surface area contributed by atoms with Gasteiger partial charge in [-0.05, 0) is 37.6 Å². The smallest absolute Gasteiger partial charge is 0.234 e. The normalized spacial score (nSPS) is 15.2. The molecule has 1 amide bonds. The molecule has 1 heterocycles. The number of carbonyl (C=O) groups is 1. The molecule has 0 saturated carbocycles. The third kappa shape index (κ3) is 4.32. The van der Waals surface area contributed by atoms with Gasteiger partial charge in [-0.2, -0.15) is 0 Å². The van der Waals surface area contributed by atoms with E-state index in [0.717, 1.165) is 11.3 Å². The number of rotatable bonds is 6. The summed E-state index contributed by atoms with van der Waals surface area (Å²) in [7, 11) is 0. The van der Waals surface area contributed by atoms with Crippen molar-refractivity contribution in [3.05, 3.63) is 59.4 Å². The van der Waals surface area contributed by atoms with Gasteiger partial charge < -0.3 is 20.1 Å². The van der Waals surface area contributed by atoms with E-state index in [1.165, 1.54) is 6.07 Å². The first kappa shape index (κ1) is 18.2. The summed E-state index contributed by atoms with van der Waals surface area (Å²) in [6.45, 7) is 4.91. The zero-order chi connectivity index (χ0) is 18.5. The van der Waals surface area contributed by atoms with Crippen LogP contribution in [0.4, 0.5) is 4.39 Å². The molecule has 0 fully saturated rings. The molecule has 0 spiro atoms. The minimum Gasteiger partial charge on any atom is -0.486 e. The van der Waals surface area contributed by atoms with Gasteiger partial charge in [0.2, 0.25) is 5.91 Å². The molecule has 0 bridgehead atoms. The van der Waals surface area contributed by atoms with Gasteiger partial charge in [0.05, 0.1) is 12.6 Å². The van der Waals surface area contributed by atoms with Crippen LogP contribution in [0.3, 0.4) is 0 Å². The molecule has 1 aliphatic heterocycles. The first-order chi connectivity index (χ1) is 12.5. The average molecular weight is 358 g/mol. The zero-order valence-corrected chi connectivity index (χ0v) is 14.9. The first-order valence-electron chi connectivity index (χ1n) is 8.71. The molecule has 2 aromatic carbocycles. The molecule has 5 nitrogen and oxygen atoms in total. The lowest BCUT2D eigenvalue weighted by atomic mass is 10.1. The van der Waals surface area contributed by atoms with Crippen LogP contribution in [0.5, 0.6) is 11.5 Å². The van der Waals surface area contributed by atoms with Crippen molar-refractivity contribution in [2.45, 2.75) is 25.9 Å². The minimum atomic E-state index is -0.280. The van der Waals surface area contributed by atoms with Crippen molar-refractivity contribution in [1.82, 2.24) is 10.6 Å². The summed E-state index contributed by atoms with van der Waals surface area (Å²) in [6, 6.07) is 11.8. The molecule has 0 saturated heterocycles. The molecule has 2 N–H and O–H groups in total. The predicted octanol–water partition coefficient (Wildman–Crippen LogP) is 3.12. The van der Waals surface area contributed by atoms with Gasteiger partial charge in [0.25, 0.3) is 0 Å². The third-order valence-electron chi connectivity index (χ3n) is 4.38. The molecule has 1 aliphatic rings. The van der Waals surface area contributed by atoms with Crippen molar-refractivity contribution in [3.63, 3.8) is 0 Å². The average Bonchev–Trinajstić information content (AvgIpc) is 2.66. The lowest BCUT2D eigenvalue weighted by Gasteiger charge is -2.21. The zero-order valence-electron chi connectivity index (χ0n) is 14.9. The van der Waals surface area contributed by atoms with Gasteiger partial charge in [-0.15, -0.1) is 0 Å². The second kappa shape index (κ2) is 8.19. The molecule has 26 heavy (non-hydrogen) atoms. The molecular weight excluding hydrogens is 335 g/mol. The Labute approximate surface area is 152 Å². The summed E-state index contributed by atoms with van der Waals surface area (Å²) in [4.78, 5) is 12.2. The van der Waals surface area contributed by atoms with Crippen molar-refractivity contribution in [2.24, 2.45) is 0 Å². The van der Waals surface area contributed by atoms with E-state index in [1.807, 2.05) is 32.0 Å². The van der Waals surface area contributed by atoms with Gasteiger partial charge in [0.15, 0.2) is 11.5 Å².